The molecule has 0 N–H and O–H groups in total. The van der Waals surface area contributed by atoms with Crippen molar-refractivity contribution in [2.45, 2.75) is 39.5 Å². The van der Waals surface area contributed by atoms with E-state index >= 15 is 0 Å². The van der Waals surface area contributed by atoms with Gasteiger partial charge in [0.1, 0.15) is 5.75 Å². The number of hydrogen-bond donors (Lipinski definition) is 0. The number of Topliss-reactive ketones (excluding diaryl/α,β-unsaturated/α-hetero) is 1. The normalized spacial score (nSPS) is 19.3. The Kier molecular flexibility index (Phi) is 7.60. The molecule has 2 unspecified atom stereocenters. The minimum Gasteiger partial charge on any atom is -0.494 e. The van der Waals surface area contributed by atoms with E-state index in [0.29, 0.717) is 23.5 Å². The molecule has 2 atom stereocenters. The van der Waals surface area contributed by atoms with Gasteiger partial charge < -0.3 is 14.2 Å². The topological polar surface area (TPSA) is 65.1 Å². The zero-order valence-electron chi connectivity index (χ0n) is 17.8. The van der Waals surface area contributed by atoms with Crippen LogP contribution in [0.25, 0.3) is 0 Å². The van der Waals surface area contributed by atoms with Crippen LogP contribution in [0.2, 0.25) is 0 Å². The Morgan fingerprint density at radius 1 is 0.967 bits per heavy atom. The molecule has 2 aromatic rings. The average Bonchev–Trinajstić information content (AvgIpc) is 2.72. The summed E-state index contributed by atoms with van der Waals surface area (Å²) < 4.78 is 16.3. The van der Waals surface area contributed by atoms with Crippen molar-refractivity contribution in [1.82, 2.24) is 4.90 Å². The van der Waals surface area contributed by atoms with E-state index in [2.05, 4.69) is 18.7 Å². The van der Waals surface area contributed by atoms with Crippen molar-refractivity contribution in [1.29, 1.82) is 0 Å². The highest BCUT2D eigenvalue weighted by Gasteiger charge is 2.22. The van der Waals surface area contributed by atoms with Gasteiger partial charge in [0.2, 0.25) is 0 Å². The number of carbonyl (C=O) groups excluding carboxylic acids is 2. The minimum atomic E-state index is -0.505. The monoisotopic (exact) mass is 411 g/mol. The number of ether oxygens (including phenoxy) is 3. The van der Waals surface area contributed by atoms with Crippen LogP contribution in [0.3, 0.4) is 0 Å². The molecule has 0 saturated carbocycles. The largest absolute Gasteiger partial charge is 0.494 e. The lowest BCUT2D eigenvalue weighted by Crippen LogP contribution is -2.44. The molecule has 1 aliphatic rings. The Morgan fingerprint density at radius 3 is 2.17 bits per heavy atom. The van der Waals surface area contributed by atoms with Gasteiger partial charge in [0.25, 0.3) is 0 Å². The quantitative estimate of drug-likeness (QED) is 0.487. The van der Waals surface area contributed by atoms with E-state index in [4.69, 9.17) is 14.2 Å². The molecule has 6 nitrogen and oxygen atoms in total. The van der Waals surface area contributed by atoms with Crippen LogP contribution in [-0.4, -0.2) is 55.2 Å². The van der Waals surface area contributed by atoms with Gasteiger partial charge in [0, 0.05) is 25.2 Å². The van der Waals surface area contributed by atoms with E-state index in [1.807, 2.05) is 19.1 Å². The minimum absolute atomic E-state index is 0.218. The lowest BCUT2D eigenvalue weighted by molar-refractivity contribution is -0.0704. The zero-order valence-corrected chi connectivity index (χ0v) is 17.8. The molecule has 0 radical (unpaired) electrons. The second-order valence-corrected chi connectivity index (χ2v) is 7.61. The van der Waals surface area contributed by atoms with Crippen LogP contribution in [0.5, 0.6) is 5.75 Å². The lowest BCUT2D eigenvalue weighted by atomic mass is 10.1. The summed E-state index contributed by atoms with van der Waals surface area (Å²) in [6.45, 7) is 8.92. The highest BCUT2D eigenvalue weighted by molar-refractivity contribution is 5.99. The Labute approximate surface area is 177 Å². The van der Waals surface area contributed by atoms with Crippen molar-refractivity contribution in [3.8, 4) is 5.75 Å². The number of benzene rings is 2. The lowest BCUT2D eigenvalue weighted by Gasteiger charge is -2.35. The Bertz CT molecular complexity index is 837. The number of esters is 1. The fraction of sp³-hybridized carbons (Fsp3) is 0.417. The third-order valence-corrected chi connectivity index (χ3v) is 4.91. The second-order valence-electron chi connectivity index (χ2n) is 7.61. The van der Waals surface area contributed by atoms with E-state index < -0.39 is 5.97 Å². The smallest absolute Gasteiger partial charge is 0.338 e. The van der Waals surface area contributed by atoms with Crippen molar-refractivity contribution >= 4 is 11.8 Å². The van der Waals surface area contributed by atoms with E-state index in [0.717, 1.165) is 25.2 Å². The highest BCUT2D eigenvalue weighted by Crippen LogP contribution is 2.16. The number of carbonyl (C=O) groups is 2. The van der Waals surface area contributed by atoms with Crippen LogP contribution in [0.4, 0.5) is 0 Å². The van der Waals surface area contributed by atoms with Crippen molar-refractivity contribution in [2.24, 2.45) is 0 Å². The van der Waals surface area contributed by atoms with Crippen molar-refractivity contribution < 1.29 is 23.8 Å². The third kappa shape index (κ3) is 6.15. The van der Waals surface area contributed by atoms with Gasteiger partial charge in [-0.25, -0.2) is 4.79 Å². The molecule has 0 aromatic heterocycles. The molecule has 0 aliphatic carbocycles. The second kappa shape index (κ2) is 10.4. The maximum Gasteiger partial charge on any atom is 0.338 e. The molecule has 1 heterocycles. The number of nitrogens with zero attached hydrogens (tertiary/aromatic N) is 1. The highest BCUT2D eigenvalue weighted by atomic mass is 16.5. The van der Waals surface area contributed by atoms with Gasteiger partial charge in [-0.3, -0.25) is 9.69 Å². The molecular formula is C24H29NO5. The van der Waals surface area contributed by atoms with E-state index in [1.54, 1.807) is 36.4 Å². The van der Waals surface area contributed by atoms with Gasteiger partial charge >= 0.3 is 5.97 Å². The molecule has 3 rings (SSSR count). The number of ketones is 1. The summed E-state index contributed by atoms with van der Waals surface area (Å²) in [5, 5.41) is 0. The van der Waals surface area contributed by atoms with Crippen molar-refractivity contribution in [3.05, 3.63) is 65.2 Å². The molecule has 1 fully saturated rings. The maximum atomic E-state index is 12.3. The van der Waals surface area contributed by atoms with Crippen LogP contribution in [0.1, 0.15) is 47.1 Å². The fourth-order valence-electron chi connectivity index (χ4n) is 3.62. The third-order valence-electron chi connectivity index (χ3n) is 4.91. The first-order chi connectivity index (χ1) is 14.4. The van der Waals surface area contributed by atoms with Gasteiger partial charge in [0.05, 0.1) is 24.4 Å². The van der Waals surface area contributed by atoms with Gasteiger partial charge in [-0.1, -0.05) is 12.1 Å². The molecule has 0 amide bonds. The first-order valence-electron chi connectivity index (χ1n) is 10.3. The summed E-state index contributed by atoms with van der Waals surface area (Å²) in [5.74, 6) is -0.0554. The maximum absolute atomic E-state index is 12.3. The SMILES string of the molecule is CCOc1ccc(C(=O)COC(=O)c2ccc(CN3CC(C)OC(C)C3)cc2)cc1. The number of morpholine rings is 1. The van der Waals surface area contributed by atoms with E-state index in [-0.39, 0.29) is 24.6 Å². The van der Waals surface area contributed by atoms with Crippen LogP contribution in [0.15, 0.2) is 48.5 Å². The predicted octanol–water partition coefficient (Wildman–Crippen LogP) is 3.73. The zero-order chi connectivity index (χ0) is 21.5. The molecule has 1 saturated heterocycles. The summed E-state index contributed by atoms with van der Waals surface area (Å²) >= 11 is 0. The molecule has 160 valence electrons. The van der Waals surface area contributed by atoms with E-state index in [9.17, 15) is 9.59 Å². The fourth-order valence-corrected chi connectivity index (χ4v) is 3.62. The predicted molar refractivity (Wildman–Crippen MR) is 114 cm³/mol. The van der Waals surface area contributed by atoms with Crippen molar-refractivity contribution in [3.63, 3.8) is 0 Å². The van der Waals surface area contributed by atoms with Gasteiger partial charge in [-0.15, -0.1) is 0 Å². The van der Waals surface area contributed by atoms with Gasteiger partial charge in [-0.05, 0) is 62.7 Å². The molecule has 30 heavy (non-hydrogen) atoms. The Morgan fingerprint density at radius 2 is 1.57 bits per heavy atom. The van der Waals surface area contributed by atoms with Gasteiger partial charge in [-0.2, -0.15) is 0 Å². The first kappa shape index (κ1) is 22.0. The summed E-state index contributed by atoms with van der Waals surface area (Å²) in [7, 11) is 0. The Balaban J connectivity index is 1.50. The number of hydrogen-bond acceptors (Lipinski definition) is 6. The molecule has 6 heteroatoms. The summed E-state index contributed by atoms with van der Waals surface area (Å²) in [4.78, 5) is 26.9. The Hall–Kier alpha value is -2.70. The first-order valence-corrected chi connectivity index (χ1v) is 10.3. The summed E-state index contributed by atoms with van der Waals surface area (Å²) in [6.07, 6.45) is 0.437. The van der Waals surface area contributed by atoms with E-state index in [1.165, 1.54) is 0 Å². The molecule has 0 spiro atoms. The molecule has 0 bridgehead atoms. The van der Waals surface area contributed by atoms with Crippen LogP contribution in [0, 0.1) is 0 Å². The molecule has 2 aromatic carbocycles. The number of rotatable bonds is 8. The van der Waals surface area contributed by atoms with Gasteiger partial charge in [0.15, 0.2) is 12.4 Å². The van der Waals surface area contributed by atoms with Crippen LogP contribution in [-0.2, 0) is 16.0 Å². The molecule has 1 aliphatic heterocycles. The summed E-state index contributed by atoms with van der Waals surface area (Å²) in [6, 6.07) is 14.1. The van der Waals surface area contributed by atoms with Crippen LogP contribution >= 0.6 is 0 Å². The van der Waals surface area contributed by atoms with Crippen LogP contribution < -0.4 is 4.74 Å². The molecular weight excluding hydrogens is 382 g/mol. The average molecular weight is 411 g/mol. The summed E-state index contributed by atoms with van der Waals surface area (Å²) in [5.41, 5.74) is 2.04. The standard InChI is InChI=1S/C24H29NO5/c1-4-28-22-11-9-20(10-12-22)23(26)16-29-24(27)21-7-5-19(6-8-21)15-25-13-17(2)30-18(3)14-25/h5-12,17-18H,4,13-16H2,1-3H3. The van der Waals surface area contributed by atoms with Crippen molar-refractivity contribution in [2.75, 3.05) is 26.3 Å².